The van der Waals surface area contributed by atoms with Gasteiger partial charge in [-0.25, -0.2) is 19.9 Å². The van der Waals surface area contributed by atoms with Crippen LogP contribution in [0.2, 0.25) is 5.15 Å². The van der Waals surface area contributed by atoms with Crippen LogP contribution in [0.4, 0.5) is 5.95 Å². The van der Waals surface area contributed by atoms with Gasteiger partial charge in [0.25, 0.3) is 0 Å². The normalized spacial score (nSPS) is 13.5. The molecule has 0 fully saturated rings. The van der Waals surface area contributed by atoms with Gasteiger partial charge in [0.2, 0.25) is 5.65 Å². The molecule has 0 amide bonds. The number of fused-ring (bicyclic) bond motifs is 1. The minimum atomic E-state index is -0.608. The molecule has 4 N–H and O–H groups in total. The Morgan fingerprint density at radius 3 is 2.76 bits per heavy atom. The highest BCUT2D eigenvalue weighted by molar-refractivity contribution is 6.29. The first-order chi connectivity index (χ1) is 18.0. The number of H-pyrrole nitrogens is 1. The summed E-state index contributed by atoms with van der Waals surface area (Å²) >= 11 is 6.21. The molecule has 0 aliphatic rings. The monoisotopic (exact) mass is 469 g/mol. The first-order valence-corrected chi connectivity index (χ1v) is 9.99. The van der Waals surface area contributed by atoms with Crippen molar-refractivity contribution >= 4 is 23.2 Å². The number of aromatic amines is 1. The van der Waals surface area contributed by atoms with E-state index in [0.29, 0.717) is 17.0 Å². The highest BCUT2D eigenvalue weighted by Crippen LogP contribution is 2.34. The van der Waals surface area contributed by atoms with Crippen LogP contribution in [0, 0.1) is 6.92 Å². The number of nitrogens with two attached hydrogens (primary N) is 1. The average Bonchev–Trinajstić information content (AvgIpc) is 3.44. The molecule has 0 bridgehead atoms. The van der Waals surface area contributed by atoms with E-state index in [4.69, 9.17) is 28.6 Å². The van der Waals surface area contributed by atoms with E-state index in [1.165, 1.54) is 23.2 Å². The van der Waals surface area contributed by atoms with Crippen LogP contribution in [-0.2, 0) is 13.2 Å². The minimum absolute atomic E-state index is 0.00791. The second-order valence-corrected chi connectivity index (χ2v) is 7.43. The third kappa shape index (κ3) is 3.65. The van der Waals surface area contributed by atoms with Crippen molar-refractivity contribution < 1.29 is 20.8 Å². The maximum atomic E-state index is 13.4. The van der Waals surface area contributed by atoms with Gasteiger partial charge in [-0.2, -0.15) is 4.68 Å². The molecule has 1 aromatic carbocycles. The molecule has 4 aromatic heterocycles. The summed E-state index contributed by atoms with van der Waals surface area (Å²) in [6, 6.07) is 0.158. The zero-order valence-electron chi connectivity index (χ0n) is 22.1. The van der Waals surface area contributed by atoms with Crippen LogP contribution in [0.5, 0.6) is 0 Å². The van der Waals surface area contributed by atoms with Gasteiger partial charge in [-0.3, -0.25) is 0 Å². The molecule has 0 radical (unpaired) electrons. The van der Waals surface area contributed by atoms with Crippen LogP contribution in [-0.4, -0.2) is 29.8 Å². The van der Waals surface area contributed by atoms with Crippen LogP contribution >= 0.6 is 11.6 Å². The highest BCUT2D eigenvalue weighted by Gasteiger charge is 2.26. The number of aromatic nitrogens is 6. The number of rotatable bonds is 5. The number of hydrogen-bond donors (Lipinski definition) is 3. The van der Waals surface area contributed by atoms with Crippen LogP contribution in [0.3, 0.4) is 0 Å². The lowest BCUT2D eigenvalue weighted by atomic mass is 10.00. The van der Waals surface area contributed by atoms with Gasteiger partial charge in [-0.1, -0.05) is 41.8 Å². The van der Waals surface area contributed by atoms with Gasteiger partial charge in [0.15, 0.2) is 6.39 Å². The molecule has 0 unspecified atom stereocenters. The molecule has 0 spiro atoms. The zero-order valence-corrected chi connectivity index (χ0v) is 17.9. The predicted molar refractivity (Wildman–Crippen MR) is 120 cm³/mol. The molecular weight excluding hydrogens is 446 g/mol. The second kappa shape index (κ2) is 8.15. The number of nitrogens with one attached hydrogen (secondary N) is 1. The second-order valence-electron chi connectivity index (χ2n) is 7.04. The van der Waals surface area contributed by atoms with Crippen LogP contribution in [0.25, 0.3) is 28.0 Å². The van der Waals surface area contributed by atoms with Gasteiger partial charge < -0.3 is 15.3 Å². The Hall–Kier alpha value is -4.02. The van der Waals surface area contributed by atoms with E-state index >= 15 is 0 Å². The van der Waals surface area contributed by atoms with Crippen LogP contribution < -0.4 is 15.8 Å². The molecule has 0 aliphatic heterocycles. The first-order valence-electron chi connectivity index (χ1n) is 12.1. The van der Waals surface area contributed by atoms with Gasteiger partial charge in [0.05, 0.1) is 24.7 Å². The molecular formula is C22H19ClN7O3+. The summed E-state index contributed by atoms with van der Waals surface area (Å²) in [5, 5.41) is 12.7. The Morgan fingerprint density at radius 1 is 1.27 bits per heavy atom. The lowest BCUT2D eigenvalue weighted by molar-refractivity contribution is -0.516. The molecule has 0 atom stereocenters. The SMILES string of the molecule is [2H]c1c([2H])c([2H])c(-c2nc(N)[n+]3c(=O)n(Cc4ncoc4C)[nH]c3c2-c2cc(Cl)nc(CO)c2)c([2H])c1[2H]. The largest absolute Gasteiger partial charge is 0.448 e. The number of oxazole rings is 1. The molecule has 0 saturated heterocycles. The minimum Gasteiger partial charge on any atom is -0.448 e. The van der Waals surface area contributed by atoms with Crippen molar-refractivity contribution in [1.29, 1.82) is 0 Å². The van der Waals surface area contributed by atoms with E-state index in [1.807, 2.05) is 0 Å². The predicted octanol–water partition coefficient (Wildman–Crippen LogP) is 2.11. The van der Waals surface area contributed by atoms with Gasteiger partial charge >= 0.3 is 11.6 Å². The number of halogens is 1. The maximum Gasteiger partial charge on any atom is 0.428 e. The van der Waals surface area contributed by atoms with Crippen molar-refractivity contribution in [2.45, 2.75) is 20.1 Å². The molecule has 10 nitrogen and oxygen atoms in total. The highest BCUT2D eigenvalue weighted by atomic mass is 35.5. The lowest BCUT2D eigenvalue weighted by Crippen LogP contribution is -2.44. The van der Waals surface area contributed by atoms with Crippen LogP contribution in [0.15, 0.2) is 58.0 Å². The third-order valence-electron chi connectivity index (χ3n) is 5.00. The molecule has 11 heteroatoms. The number of benzene rings is 1. The topological polar surface area (TPSA) is 140 Å². The third-order valence-corrected chi connectivity index (χ3v) is 5.20. The maximum absolute atomic E-state index is 13.4. The Morgan fingerprint density at radius 2 is 2.06 bits per heavy atom. The number of nitrogens with zero attached hydrogens (tertiary/aromatic N) is 5. The number of aliphatic hydroxyl groups excluding tert-OH is 1. The molecule has 0 saturated carbocycles. The lowest BCUT2D eigenvalue weighted by Gasteiger charge is -2.10. The number of aryl methyl sites for hydroxylation is 1. The van der Waals surface area contributed by atoms with Crippen molar-refractivity contribution in [3.05, 3.63) is 81.5 Å². The summed E-state index contributed by atoms with van der Waals surface area (Å²) in [4.78, 5) is 25.9. The quantitative estimate of drug-likeness (QED) is 0.264. The van der Waals surface area contributed by atoms with Crippen molar-refractivity contribution in [2.75, 3.05) is 5.73 Å². The summed E-state index contributed by atoms with van der Waals surface area (Å²) in [7, 11) is 0. The van der Waals surface area contributed by atoms with E-state index in [9.17, 15) is 9.90 Å². The van der Waals surface area contributed by atoms with Crippen molar-refractivity contribution in [3.63, 3.8) is 0 Å². The van der Waals surface area contributed by atoms with E-state index < -0.39 is 42.5 Å². The molecule has 33 heavy (non-hydrogen) atoms. The Labute approximate surface area is 199 Å². The summed E-state index contributed by atoms with van der Waals surface area (Å²) in [6.07, 6.45) is 1.25. The van der Waals surface area contributed by atoms with E-state index in [0.717, 1.165) is 4.40 Å². The summed E-state index contributed by atoms with van der Waals surface area (Å²) in [5.41, 5.74) is 6.46. The summed E-state index contributed by atoms with van der Waals surface area (Å²) < 4.78 is 48.7. The summed E-state index contributed by atoms with van der Waals surface area (Å²) in [5.74, 6) is 0.199. The Kier molecular flexibility index (Phi) is 3.89. The van der Waals surface area contributed by atoms with Crippen molar-refractivity contribution in [3.8, 4) is 22.4 Å². The average molecular weight is 470 g/mol. The van der Waals surface area contributed by atoms with E-state index in [2.05, 4.69) is 20.1 Å². The van der Waals surface area contributed by atoms with Gasteiger partial charge in [0.1, 0.15) is 28.8 Å². The molecule has 4 heterocycles. The van der Waals surface area contributed by atoms with Gasteiger partial charge in [0, 0.05) is 5.56 Å². The fourth-order valence-electron chi connectivity index (χ4n) is 3.49. The van der Waals surface area contributed by atoms with Gasteiger partial charge in [-0.05, 0) is 24.6 Å². The number of hydrogen-bond acceptors (Lipinski definition) is 7. The smallest absolute Gasteiger partial charge is 0.428 e. The standard InChI is InChI=1S/C22H18ClN7O3/c1-12-16(25-11-33-12)9-29-22(32)30-20(28-29)18(14-7-15(10-31)26-17(23)8-14)19(27-21(30)24)13-5-3-2-4-6-13/h2-8,11,31H,9-10H2,1H3,(H2,24,26,27,28)/p+1/i2D,3D,4D,5D,6D. The fraction of sp³-hybridized carbons (Fsp3) is 0.136. The Balaban J connectivity index is 1.93. The first kappa shape index (κ1) is 15.7. The summed E-state index contributed by atoms with van der Waals surface area (Å²) in [6.45, 7) is 1.22. The van der Waals surface area contributed by atoms with Gasteiger partial charge in [-0.15, -0.1) is 9.38 Å². The molecule has 0 aliphatic carbocycles. The fourth-order valence-corrected chi connectivity index (χ4v) is 3.72. The van der Waals surface area contributed by atoms with E-state index in [1.54, 1.807) is 6.92 Å². The Bertz CT molecular complexity index is 1790. The zero-order chi connectivity index (χ0) is 27.5. The van der Waals surface area contributed by atoms with Crippen molar-refractivity contribution in [2.24, 2.45) is 0 Å². The number of anilines is 1. The number of aliphatic hydroxyl groups is 1. The number of pyridine rings is 1. The van der Waals surface area contributed by atoms with E-state index in [-0.39, 0.29) is 45.8 Å². The van der Waals surface area contributed by atoms with Crippen molar-refractivity contribution in [1.82, 2.24) is 24.7 Å². The molecule has 5 rings (SSSR count). The molecule has 5 aromatic rings. The van der Waals surface area contributed by atoms with Crippen LogP contribution in [0.1, 0.15) is 24.0 Å². The molecule has 166 valence electrons. The number of nitrogen functional groups attached to an aromatic ring is 1.